The van der Waals surface area contributed by atoms with E-state index < -0.39 is 0 Å². The Morgan fingerprint density at radius 1 is 1.33 bits per heavy atom. The number of hydrogen-bond acceptors (Lipinski definition) is 3. The van der Waals surface area contributed by atoms with E-state index in [9.17, 15) is 4.79 Å². The first kappa shape index (κ1) is 14.5. The summed E-state index contributed by atoms with van der Waals surface area (Å²) in [5.41, 5.74) is 0.496. The summed E-state index contributed by atoms with van der Waals surface area (Å²) in [5.74, 6) is 0.732. The van der Waals surface area contributed by atoms with Gasteiger partial charge in [0.15, 0.2) is 0 Å². The van der Waals surface area contributed by atoms with E-state index in [1.54, 1.807) is 6.07 Å². The predicted molar refractivity (Wildman–Crippen MR) is 74.8 cm³/mol. The van der Waals surface area contributed by atoms with Crippen LogP contribution in [0.2, 0.25) is 0 Å². The molecule has 0 saturated heterocycles. The summed E-state index contributed by atoms with van der Waals surface area (Å²) in [6, 6.07) is 5.99. The minimum absolute atomic E-state index is 0.0140. The molecule has 0 bridgehead atoms. The van der Waals surface area contributed by atoms with Crippen molar-refractivity contribution < 1.29 is 4.79 Å². The Balaban J connectivity index is 2.92. The van der Waals surface area contributed by atoms with Gasteiger partial charge in [0.25, 0.3) is 5.91 Å². The maximum absolute atomic E-state index is 12.3. The molecule has 0 aliphatic heterocycles. The van der Waals surface area contributed by atoms with Crippen LogP contribution < -0.4 is 5.32 Å². The first-order valence-corrected chi connectivity index (χ1v) is 6.50. The fourth-order valence-electron chi connectivity index (χ4n) is 1.82. The van der Waals surface area contributed by atoms with Crippen LogP contribution in [0.3, 0.4) is 0 Å². The second-order valence-corrected chi connectivity index (χ2v) is 4.89. The van der Waals surface area contributed by atoms with E-state index in [1.165, 1.54) is 0 Å². The maximum atomic E-state index is 12.3. The lowest BCUT2D eigenvalue weighted by Crippen LogP contribution is -2.37. The molecule has 100 valence electrons. The van der Waals surface area contributed by atoms with Gasteiger partial charge in [0.1, 0.15) is 11.5 Å². The quantitative estimate of drug-likeness (QED) is 0.872. The third-order valence-corrected chi connectivity index (χ3v) is 2.63. The zero-order chi connectivity index (χ0) is 13.7. The van der Waals surface area contributed by atoms with Crippen molar-refractivity contribution in [1.82, 2.24) is 9.88 Å². The van der Waals surface area contributed by atoms with Gasteiger partial charge in [0.05, 0.1) is 0 Å². The molecule has 0 aliphatic carbocycles. The average molecular weight is 249 g/mol. The lowest BCUT2D eigenvalue weighted by Gasteiger charge is -2.24. The van der Waals surface area contributed by atoms with Crippen molar-refractivity contribution >= 4 is 11.7 Å². The van der Waals surface area contributed by atoms with Crippen molar-refractivity contribution in [3.8, 4) is 0 Å². The van der Waals surface area contributed by atoms with Crippen molar-refractivity contribution in [3.63, 3.8) is 0 Å². The van der Waals surface area contributed by atoms with Crippen molar-refractivity contribution in [2.75, 3.05) is 11.9 Å². The lowest BCUT2D eigenvalue weighted by molar-refractivity contribution is 0.0711. The van der Waals surface area contributed by atoms with E-state index in [-0.39, 0.29) is 11.9 Å². The van der Waals surface area contributed by atoms with E-state index in [0.29, 0.717) is 18.3 Å². The molecule has 1 N–H and O–H groups in total. The molecule has 1 aromatic rings. The van der Waals surface area contributed by atoms with Crippen LogP contribution in [-0.2, 0) is 0 Å². The maximum Gasteiger partial charge on any atom is 0.272 e. The summed E-state index contributed by atoms with van der Waals surface area (Å²) in [5, 5.41) is 3.20. The van der Waals surface area contributed by atoms with Gasteiger partial charge in [-0.3, -0.25) is 4.79 Å². The van der Waals surface area contributed by atoms with Crippen LogP contribution in [0.25, 0.3) is 0 Å². The van der Waals surface area contributed by atoms with Crippen LogP contribution in [0.1, 0.15) is 45.1 Å². The van der Waals surface area contributed by atoms with Gasteiger partial charge in [-0.1, -0.05) is 6.07 Å². The van der Waals surface area contributed by atoms with Gasteiger partial charge in [-0.25, -0.2) is 4.98 Å². The van der Waals surface area contributed by atoms with Crippen molar-refractivity contribution in [1.29, 1.82) is 0 Å². The number of rotatable bonds is 5. The molecule has 0 radical (unpaired) electrons. The molecule has 0 saturated carbocycles. The number of carbonyl (C=O) groups excluding carboxylic acids is 1. The molecule has 4 heteroatoms. The Bertz CT molecular complexity index is 402. The molecule has 1 heterocycles. The molecule has 4 nitrogen and oxygen atoms in total. The Labute approximate surface area is 109 Å². The topological polar surface area (TPSA) is 45.2 Å². The summed E-state index contributed by atoms with van der Waals surface area (Å²) in [6.45, 7) is 10.8. The van der Waals surface area contributed by atoms with Crippen molar-refractivity contribution in [2.45, 2.75) is 46.7 Å². The highest BCUT2D eigenvalue weighted by atomic mass is 16.2. The standard InChI is InChI=1S/C14H23N3O/c1-6-17(11(4)5)14(18)12-8-7-9-13(16-12)15-10(2)3/h7-11H,6H2,1-5H3,(H,15,16). The monoisotopic (exact) mass is 249 g/mol. The highest BCUT2D eigenvalue weighted by Gasteiger charge is 2.18. The molecule has 1 amide bonds. The normalized spacial score (nSPS) is 10.8. The first-order valence-electron chi connectivity index (χ1n) is 6.50. The van der Waals surface area contributed by atoms with E-state index in [0.717, 1.165) is 5.82 Å². The highest BCUT2D eigenvalue weighted by molar-refractivity contribution is 5.92. The molecule has 1 rings (SSSR count). The number of amides is 1. The van der Waals surface area contributed by atoms with Gasteiger partial charge in [-0.15, -0.1) is 0 Å². The number of anilines is 1. The Morgan fingerprint density at radius 3 is 2.50 bits per heavy atom. The number of nitrogens with zero attached hydrogens (tertiary/aromatic N) is 2. The Hall–Kier alpha value is -1.58. The number of carbonyl (C=O) groups is 1. The van der Waals surface area contributed by atoms with Crippen LogP contribution in [0.4, 0.5) is 5.82 Å². The van der Waals surface area contributed by atoms with Crippen LogP contribution >= 0.6 is 0 Å². The van der Waals surface area contributed by atoms with Gasteiger partial charge in [-0.2, -0.15) is 0 Å². The minimum atomic E-state index is -0.0140. The van der Waals surface area contributed by atoms with Gasteiger partial charge < -0.3 is 10.2 Å². The number of aromatic nitrogens is 1. The first-order chi connectivity index (χ1) is 8.45. The van der Waals surface area contributed by atoms with E-state index >= 15 is 0 Å². The zero-order valence-electron chi connectivity index (χ0n) is 11.9. The largest absolute Gasteiger partial charge is 0.368 e. The van der Waals surface area contributed by atoms with Gasteiger partial charge >= 0.3 is 0 Å². The van der Waals surface area contributed by atoms with Crippen LogP contribution in [0.5, 0.6) is 0 Å². The molecule has 0 aromatic carbocycles. The fourth-order valence-corrected chi connectivity index (χ4v) is 1.82. The van der Waals surface area contributed by atoms with Crippen LogP contribution in [0, 0.1) is 0 Å². The van der Waals surface area contributed by atoms with Crippen molar-refractivity contribution in [3.05, 3.63) is 23.9 Å². The molecule has 0 atom stereocenters. The Kier molecular flexibility index (Phi) is 5.13. The summed E-state index contributed by atoms with van der Waals surface area (Å²) >= 11 is 0. The second kappa shape index (κ2) is 6.38. The van der Waals surface area contributed by atoms with Gasteiger partial charge in [0.2, 0.25) is 0 Å². The molecule has 18 heavy (non-hydrogen) atoms. The Morgan fingerprint density at radius 2 is 2.00 bits per heavy atom. The van der Waals surface area contributed by atoms with Crippen LogP contribution in [-0.4, -0.2) is 34.4 Å². The average Bonchev–Trinajstić information content (AvgIpc) is 2.28. The molecule has 0 aliphatic rings. The third-order valence-electron chi connectivity index (χ3n) is 2.63. The third kappa shape index (κ3) is 3.72. The van der Waals surface area contributed by atoms with Crippen LogP contribution in [0.15, 0.2) is 18.2 Å². The second-order valence-electron chi connectivity index (χ2n) is 4.89. The summed E-state index contributed by atoms with van der Waals surface area (Å²) in [7, 11) is 0. The number of pyridine rings is 1. The minimum Gasteiger partial charge on any atom is -0.368 e. The molecule has 0 unspecified atom stereocenters. The highest BCUT2D eigenvalue weighted by Crippen LogP contribution is 2.10. The summed E-state index contributed by atoms with van der Waals surface area (Å²) < 4.78 is 0. The molecule has 0 fully saturated rings. The van der Waals surface area contributed by atoms with E-state index in [1.807, 2.05) is 51.7 Å². The van der Waals surface area contributed by atoms with Crippen molar-refractivity contribution in [2.24, 2.45) is 0 Å². The van der Waals surface area contributed by atoms with Gasteiger partial charge in [0, 0.05) is 18.6 Å². The molecular formula is C14H23N3O. The van der Waals surface area contributed by atoms with Gasteiger partial charge in [-0.05, 0) is 46.8 Å². The zero-order valence-corrected chi connectivity index (χ0v) is 11.9. The SMILES string of the molecule is CCN(C(=O)c1cccc(NC(C)C)n1)C(C)C. The fraction of sp³-hybridized carbons (Fsp3) is 0.571. The summed E-state index contributed by atoms with van der Waals surface area (Å²) in [6.07, 6.45) is 0. The number of nitrogens with one attached hydrogen (secondary N) is 1. The lowest BCUT2D eigenvalue weighted by atomic mass is 10.2. The predicted octanol–water partition coefficient (Wildman–Crippen LogP) is 2.77. The van der Waals surface area contributed by atoms with E-state index in [2.05, 4.69) is 10.3 Å². The summed E-state index contributed by atoms with van der Waals surface area (Å²) in [4.78, 5) is 18.5. The molecular weight excluding hydrogens is 226 g/mol. The molecule has 1 aromatic heterocycles. The number of hydrogen-bond donors (Lipinski definition) is 1. The smallest absolute Gasteiger partial charge is 0.272 e. The van der Waals surface area contributed by atoms with E-state index in [4.69, 9.17) is 0 Å². The molecule has 0 spiro atoms.